The van der Waals surface area contributed by atoms with Gasteiger partial charge in [-0.05, 0) is 68.5 Å². The van der Waals surface area contributed by atoms with Gasteiger partial charge in [-0.1, -0.05) is 18.2 Å². The molecular formula is C18H21NO3S. The fourth-order valence-corrected chi connectivity index (χ4v) is 4.41. The predicted octanol–water partition coefficient (Wildman–Crippen LogP) is 3.85. The van der Waals surface area contributed by atoms with Crippen molar-refractivity contribution in [3.63, 3.8) is 0 Å². The van der Waals surface area contributed by atoms with Crippen molar-refractivity contribution in [3.8, 4) is 0 Å². The lowest BCUT2D eigenvalue weighted by atomic mass is 10.1. The first kappa shape index (κ1) is 15.9. The van der Waals surface area contributed by atoms with Crippen LogP contribution in [0.1, 0.15) is 30.2 Å². The fraction of sp³-hybridized carbons (Fsp3) is 0.333. The highest BCUT2D eigenvalue weighted by Crippen LogP contribution is 2.30. The number of anilines is 1. The zero-order valence-electron chi connectivity index (χ0n) is 13.5. The van der Waals surface area contributed by atoms with Crippen LogP contribution in [0.2, 0.25) is 0 Å². The van der Waals surface area contributed by atoms with E-state index in [1.54, 1.807) is 13.0 Å². The highest BCUT2D eigenvalue weighted by atomic mass is 32.2. The van der Waals surface area contributed by atoms with Gasteiger partial charge in [0.1, 0.15) is 5.76 Å². The van der Waals surface area contributed by atoms with Crippen molar-refractivity contribution >= 4 is 15.7 Å². The van der Waals surface area contributed by atoms with Crippen molar-refractivity contribution in [2.24, 2.45) is 0 Å². The van der Waals surface area contributed by atoms with Crippen molar-refractivity contribution in [3.05, 3.63) is 59.4 Å². The molecule has 122 valence electrons. The highest BCUT2D eigenvalue weighted by Gasteiger charge is 2.28. The van der Waals surface area contributed by atoms with Gasteiger partial charge in [0, 0.05) is 0 Å². The molecule has 0 amide bonds. The number of hydrogen-bond donors (Lipinski definition) is 0. The minimum atomic E-state index is -3.74. The summed E-state index contributed by atoms with van der Waals surface area (Å²) < 4.78 is 32.7. The Morgan fingerprint density at radius 2 is 1.96 bits per heavy atom. The lowest BCUT2D eigenvalue weighted by Gasteiger charge is -2.24. The van der Waals surface area contributed by atoms with E-state index in [1.165, 1.54) is 21.5 Å². The molecule has 1 aromatic carbocycles. The summed E-state index contributed by atoms with van der Waals surface area (Å²) >= 11 is 0. The number of sulfonamides is 1. The van der Waals surface area contributed by atoms with Crippen LogP contribution in [0.15, 0.2) is 52.0 Å². The molecule has 0 unspecified atom stereocenters. The molecule has 0 atom stereocenters. The van der Waals surface area contributed by atoms with E-state index in [2.05, 4.69) is 6.58 Å². The summed E-state index contributed by atoms with van der Waals surface area (Å²) in [5.74, 6) is 0.577. The Kier molecular flexibility index (Phi) is 4.06. The average Bonchev–Trinajstić information content (AvgIpc) is 3.12. The van der Waals surface area contributed by atoms with Crippen LogP contribution in [0.4, 0.5) is 5.69 Å². The van der Waals surface area contributed by atoms with Gasteiger partial charge in [-0.25, -0.2) is 0 Å². The number of nitrogens with zero attached hydrogens (tertiary/aromatic N) is 1. The quantitative estimate of drug-likeness (QED) is 0.782. The van der Waals surface area contributed by atoms with Crippen LogP contribution in [0, 0.1) is 6.92 Å². The van der Waals surface area contributed by atoms with Crippen LogP contribution in [-0.4, -0.2) is 15.0 Å². The van der Waals surface area contributed by atoms with Crippen LogP contribution in [0.5, 0.6) is 0 Å². The van der Waals surface area contributed by atoms with E-state index in [9.17, 15) is 8.42 Å². The van der Waals surface area contributed by atoms with Crippen molar-refractivity contribution in [1.82, 2.24) is 0 Å². The summed E-state index contributed by atoms with van der Waals surface area (Å²) in [5, 5.41) is -0.0308. The molecule has 0 fully saturated rings. The van der Waals surface area contributed by atoms with E-state index in [0.29, 0.717) is 11.4 Å². The van der Waals surface area contributed by atoms with E-state index in [1.807, 2.05) is 25.1 Å². The molecule has 0 saturated heterocycles. The molecule has 0 saturated carbocycles. The maximum absolute atomic E-state index is 13.0. The minimum Gasteiger partial charge on any atom is -0.448 e. The summed E-state index contributed by atoms with van der Waals surface area (Å²) in [6, 6.07) is 9.06. The maximum atomic E-state index is 13.0. The molecule has 0 spiro atoms. The Labute approximate surface area is 137 Å². The molecule has 0 N–H and O–H groups in total. The van der Waals surface area contributed by atoms with E-state index in [4.69, 9.17) is 4.42 Å². The summed E-state index contributed by atoms with van der Waals surface area (Å²) in [6.07, 6.45) is 3.20. The normalized spacial score (nSPS) is 13.8. The van der Waals surface area contributed by atoms with Gasteiger partial charge in [0.15, 0.2) is 0 Å². The van der Waals surface area contributed by atoms with Crippen LogP contribution < -0.4 is 4.31 Å². The van der Waals surface area contributed by atoms with Crippen LogP contribution >= 0.6 is 0 Å². The molecule has 1 heterocycles. The Hall–Kier alpha value is -2.01. The number of hydrogen-bond acceptors (Lipinski definition) is 3. The average molecular weight is 331 g/mol. The Bertz CT molecular complexity index is 849. The van der Waals surface area contributed by atoms with Gasteiger partial charge in [0.2, 0.25) is 5.09 Å². The van der Waals surface area contributed by atoms with Crippen molar-refractivity contribution in [1.29, 1.82) is 0 Å². The zero-order valence-corrected chi connectivity index (χ0v) is 14.3. The molecule has 3 rings (SSSR count). The first-order valence-corrected chi connectivity index (χ1v) is 9.17. The smallest absolute Gasteiger partial charge is 0.298 e. The standard InChI is InChI=1S/C18H21NO3S/c1-13(2)12-19(23(20,21)18-10-7-14(3)22-18)17-9-8-15-5-4-6-16(15)11-17/h7-11H,1,4-6,12H2,2-3H3. The van der Waals surface area contributed by atoms with Crippen LogP contribution in [0.3, 0.4) is 0 Å². The number of furan rings is 1. The Morgan fingerprint density at radius 1 is 1.22 bits per heavy atom. The van der Waals surface area contributed by atoms with Gasteiger partial charge in [-0.15, -0.1) is 0 Å². The lowest BCUT2D eigenvalue weighted by molar-refractivity contribution is 0.428. The third-order valence-corrected chi connectivity index (χ3v) is 5.69. The predicted molar refractivity (Wildman–Crippen MR) is 91.3 cm³/mol. The van der Waals surface area contributed by atoms with Gasteiger partial charge in [-0.2, -0.15) is 8.42 Å². The van der Waals surface area contributed by atoms with Crippen LogP contribution in [-0.2, 0) is 22.9 Å². The minimum absolute atomic E-state index is 0.0308. The van der Waals surface area contributed by atoms with E-state index < -0.39 is 10.0 Å². The molecular weight excluding hydrogens is 310 g/mol. The van der Waals surface area contributed by atoms with Gasteiger partial charge in [0.25, 0.3) is 10.0 Å². The second kappa shape index (κ2) is 5.89. The molecule has 0 radical (unpaired) electrons. The molecule has 1 aliphatic rings. The van der Waals surface area contributed by atoms with E-state index >= 15 is 0 Å². The van der Waals surface area contributed by atoms with Gasteiger partial charge >= 0.3 is 0 Å². The number of benzene rings is 1. The fourth-order valence-electron chi connectivity index (χ4n) is 2.93. The molecule has 23 heavy (non-hydrogen) atoms. The summed E-state index contributed by atoms with van der Waals surface area (Å²) in [7, 11) is -3.74. The van der Waals surface area contributed by atoms with Crippen molar-refractivity contribution < 1.29 is 12.8 Å². The topological polar surface area (TPSA) is 50.5 Å². The Morgan fingerprint density at radius 3 is 2.61 bits per heavy atom. The number of rotatable bonds is 5. The van der Waals surface area contributed by atoms with Crippen molar-refractivity contribution in [2.45, 2.75) is 38.2 Å². The number of fused-ring (bicyclic) bond motifs is 1. The lowest BCUT2D eigenvalue weighted by Crippen LogP contribution is -2.32. The second-order valence-corrected chi connectivity index (χ2v) is 7.93. The van der Waals surface area contributed by atoms with E-state index in [0.717, 1.165) is 24.8 Å². The molecule has 0 aliphatic heterocycles. The summed E-state index contributed by atoms with van der Waals surface area (Å²) in [6.45, 7) is 7.66. The molecule has 5 heteroatoms. The third kappa shape index (κ3) is 3.06. The molecule has 1 aromatic heterocycles. The molecule has 0 bridgehead atoms. The van der Waals surface area contributed by atoms with Gasteiger partial charge in [-0.3, -0.25) is 4.31 Å². The highest BCUT2D eigenvalue weighted by molar-refractivity contribution is 7.92. The molecule has 4 nitrogen and oxygen atoms in total. The molecule has 2 aromatic rings. The van der Waals surface area contributed by atoms with E-state index in [-0.39, 0.29) is 11.6 Å². The van der Waals surface area contributed by atoms with Crippen molar-refractivity contribution in [2.75, 3.05) is 10.8 Å². The number of aryl methyl sites for hydroxylation is 3. The summed E-state index contributed by atoms with van der Waals surface area (Å²) in [5.41, 5.74) is 4.00. The third-order valence-electron chi connectivity index (χ3n) is 4.04. The second-order valence-electron chi connectivity index (χ2n) is 6.14. The largest absolute Gasteiger partial charge is 0.448 e. The molecule has 1 aliphatic carbocycles. The zero-order chi connectivity index (χ0) is 16.6. The monoisotopic (exact) mass is 331 g/mol. The van der Waals surface area contributed by atoms with Gasteiger partial charge < -0.3 is 4.42 Å². The maximum Gasteiger partial charge on any atom is 0.298 e. The first-order valence-electron chi connectivity index (χ1n) is 7.73. The first-order chi connectivity index (χ1) is 10.9. The Balaban J connectivity index is 2.06. The summed E-state index contributed by atoms with van der Waals surface area (Å²) in [4.78, 5) is 0. The van der Waals surface area contributed by atoms with Crippen LogP contribution in [0.25, 0.3) is 0 Å². The van der Waals surface area contributed by atoms with Gasteiger partial charge in [0.05, 0.1) is 12.2 Å². The SMILES string of the molecule is C=C(C)CN(c1ccc2c(c1)CCC2)S(=O)(=O)c1ccc(C)o1.